The smallest absolute Gasteiger partial charge is 0.204 e. The largest absolute Gasteiger partial charge is 0.504 e. The fourth-order valence-corrected chi connectivity index (χ4v) is 7.59. The predicted octanol–water partition coefficient (Wildman–Crippen LogP) is 10.1. The molecule has 8 nitrogen and oxygen atoms in total. The Morgan fingerprint density at radius 1 is 0.250 bits per heavy atom. The van der Waals surface area contributed by atoms with Gasteiger partial charge in [-0.05, 0) is 72.8 Å². The summed E-state index contributed by atoms with van der Waals surface area (Å²) in [6, 6.07) is 38.0. The van der Waals surface area contributed by atoms with Gasteiger partial charge in [-0.2, -0.15) is 0 Å². The molecule has 0 aliphatic rings. The molecule has 0 unspecified atom stereocenters. The van der Waals surface area contributed by atoms with Gasteiger partial charge in [0.15, 0.2) is 23.0 Å². The molecule has 0 saturated carbocycles. The Kier molecular flexibility index (Phi) is 6.55. The Labute approximate surface area is 294 Å². The second-order valence-electron chi connectivity index (χ2n) is 12.9. The minimum Gasteiger partial charge on any atom is -0.504 e. The molecule has 9 aromatic rings. The first-order valence-electron chi connectivity index (χ1n) is 16.4. The van der Waals surface area contributed by atoms with Crippen molar-refractivity contribution in [1.82, 2.24) is 0 Å². The highest BCUT2D eigenvalue weighted by Crippen LogP contribution is 2.62. The SMILES string of the molecule is Oc1c(O)c(O)c2c(-c3ccc4ccccc4c3)c3c(O)c(O)c(O)c(O)c3c(-c3cccc(-c4ccc5c(ccc6ccccc65)c4)c3)c2c1O. The highest BCUT2D eigenvalue weighted by Gasteiger charge is 2.32. The van der Waals surface area contributed by atoms with Crippen LogP contribution in [0.25, 0.3) is 87.2 Å². The lowest BCUT2D eigenvalue weighted by Crippen LogP contribution is -1.95. The van der Waals surface area contributed by atoms with Crippen molar-refractivity contribution in [2.24, 2.45) is 0 Å². The molecule has 0 fully saturated rings. The van der Waals surface area contributed by atoms with E-state index in [0.29, 0.717) is 11.1 Å². The van der Waals surface area contributed by atoms with Crippen LogP contribution >= 0.6 is 0 Å². The molecule has 52 heavy (non-hydrogen) atoms. The zero-order chi connectivity index (χ0) is 36.0. The highest BCUT2D eigenvalue weighted by molar-refractivity contribution is 6.29. The van der Waals surface area contributed by atoms with E-state index in [1.165, 1.54) is 0 Å². The maximum Gasteiger partial charge on any atom is 0.204 e. The Hall–Kier alpha value is -7.32. The van der Waals surface area contributed by atoms with Gasteiger partial charge in [-0.1, -0.05) is 103 Å². The third-order valence-electron chi connectivity index (χ3n) is 10.1. The summed E-state index contributed by atoms with van der Waals surface area (Å²) in [4.78, 5) is 0. The molecule has 252 valence electrons. The molecule has 0 amide bonds. The van der Waals surface area contributed by atoms with E-state index in [4.69, 9.17) is 0 Å². The first kappa shape index (κ1) is 30.7. The van der Waals surface area contributed by atoms with E-state index in [1.54, 1.807) is 36.4 Å². The van der Waals surface area contributed by atoms with Gasteiger partial charge in [0.05, 0.1) is 0 Å². The van der Waals surface area contributed by atoms with Crippen LogP contribution in [0, 0.1) is 0 Å². The van der Waals surface area contributed by atoms with Crippen LogP contribution in [-0.4, -0.2) is 40.9 Å². The number of phenolic OH excluding ortho intramolecular Hbond substituents is 8. The third-order valence-corrected chi connectivity index (χ3v) is 10.1. The van der Waals surface area contributed by atoms with Gasteiger partial charge in [0.1, 0.15) is 0 Å². The lowest BCUT2D eigenvalue weighted by molar-refractivity contribution is 0.350. The predicted molar refractivity (Wildman–Crippen MR) is 204 cm³/mol. The lowest BCUT2D eigenvalue weighted by Gasteiger charge is -2.23. The summed E-state index contributed by atoms with van der Waals surface area (Å²) >= 11 is 0. The topological polar surface area (TPSA) is 162 Å². The van der Waals surface area contributed by atoms with Gasteiger partial charge in [-0.25, -0.2) is 0 Å². The lowest BCUT2D eigenvalue weighted by atomic mass is 9.83. The van der Waals surface area contributed by atoms with E-state index in [1.807, 2.05) is 66.7 Å². The van der Waals surface area contributed by atoms with Crippen LogP contribution in [0.3, 0.4) is 0 Å². The summed E-state index contributed by atoms with van der Waals surface area (Å²) < 4.78 is 0. The summed E-state index contributed by atoms with van der Waals surface area (Å²) in [7, 11) is 0. The van der Waals surface area contributed by atoms with E-state index in [2.05, 4.69) is 18.2 Å². The zero-order valence-electron chi connectivity index (χ0n) is 27.1. The van der Waals surface area contributed by atoms with Crippen molar-refractivity contribution in [3.05, 3.63) is 121 Å². The summed E-state index contributed by atoms with van der Waals surface area (Å²) in [5, 5.41) is 95.1. The molecule has 0 aliphatic heterocycles. The molecule has 0 bridgehead atoms. The molecule has 0 heterocycles. The number of phenols is 8. The van der Waals surface area contributed by atoms with Gasteiger partial charge in [0, 0.05) is 32.7 Å². The molecule has 0 aliphatic carbocycles. The molecule has 0 saturated heterocycles. The van der Waals surface area contributed by atoms with Crippen molar-refractivity contribution in [1.29, 1.82) is 0 Å². The minimum atomic E-state index is -1.01. The first-order valence-corrected chi connectivity index (χ1v) is 16.4. The second kappa shape index (κ2) is 11.1. The van der Waals surface area contributed by atoms with Crippen molar-refractivity contribution in [3.63, 3.8) is 0 Å². The fourth-order valence-electron chi connectivity index (χ4n) is 7.59. The Morgan fingerprint density at radius 3 is 1.27 bits per heavy atom. The zero-order valence-corrected chi connectivity index (χ0v) is 27.1. The maximum absolute atomic E-state index is 11.6. The van der Waals surface area contributed by atoms with Gasteiger partial charge in [0.25, 0.3) is 0 Å². The molecule has 0 spiro atoms. The highest BCUT2D eigenvalue weighted by atomic mass is 16.4. The quantitative estimate of drug-likeness (QED) is 0.0395. The minimum absolute atomic E-state index is 0.00335. The summed E-state index contributed by atoms with van der Waals surface area (Å²) in [6.45, 7) is 0. The van der Waals surface area contributed by atoms with Crippen molar-refractivity contribution in [3.8, 4) is 79.4 Å². The molecular formula is C44H28O8. The number of rotatable bonds is 3. The molecule has 0 radical (unpaired) electrons. The van der Waals surface area contributed by atoms with Crippen molar-refractivity contribution in [2.45, 2.75) is 0 Å². The van der Waals surface area contributed by atoms with Crippen molar-refractivity contribution in [2.75, 3.05) is 0 Å². The van der Waals surface area contributed by atoms with Gasteiger partial charge in [0.2, 0.25) is 23.0 Å². The normalized spacial score (nSPS) is 11.7. The van der Waals surface area contributed by atoms with Crippen LogP contribution in [0.4, 0.5) is 0 Å². The van der Waals surface area contributed by atoms with Crippen LogP contribution in [-0.2, 0) is 0 Å². The van der Waals surface area contributed by atoms with Gasteiger partial charge < -0.3 is 40.9 Å². The molecule has 8 N–H and O–H groups in total. The number of hydrogen-bond acceptors (Lipinski definition) is 8. The van der Waals surface area contributed by atoms with Crippen LogP contribution in [0.5, 0.6) is 46.0 Å². The standard InChI is InChI=1S/C44H28O8/c45-37-33-31(27-10-5-9-24(20-27)25-16-17-30-26(18-25)14-13-22-7-3-4-11-29(22)30)34-36(40(48)44(52)42(50)38(34)46)32(35(33)39(47)43(51)41(37)49)28-15-12-21-6-1-2-8-23(21)19-28/h1-20,45-52H. The molecule has 9 rings (SSSR count). The van der Waals surface area contributed by atoms with Crippen LogP contribution < -0.4 is 0 Å². The third kappa shape index (κ3) is 4.28. The summed E-state index contributed by atoms with van der Waals surface area (Å²) in [5.41, 5.74) is 2.27. The summed E-state index contributed by atoms with van der Waals surface area (Å²) in [5.74, 6) is -7.33. The molecule has 8 heteroatoms. The van der Waals surface area contributed by atoms with Gasteiger partial charge in [-0.15, -0.1) is 0 Å². The summed E-state index contributed by atoms with van der Waals surface area (Å²) in [6.07, 6.45) is 0. The number of fused-ring (bicyclic) bond motifs is 6. The monoisotopic (exact) mass is 684 g/mol. The fraction of sp³-hybridized carbons (Fsp3) is 0. The average Bonchev–Trinajstić information content (AvgIpc) is 3.19. The molecule has 9 aromatic carbocycles. The van der Waals surface area contributed by atoms with Crippen LogP contribution in [0.2, 0.25) is 0 Å². The number of aromatic hydroxyl groups is 8. The molecule has 0 atom stereocenters. The van der Waals surface area contributed by atoms with Crippen molar-refractivity contribution < 1.29 is 40.9 Å². The number of benzene rings is 9. The molecular weight excluding hydrogens is 656 g/mol. The van der Waals surface area contributed by atoms with Crippen molar-refractivity contribution >= 4 is 53.9 Å². The van der Waals surface area contributed by atoms with E-state index in [-0.39, 0.29) is 32.7 Å². The molecule has 0 aromatic heterocycles. The van der Waals surface area contributed by atoms with Gasteiger partial charge in [-0.3, -0.25) is 0 Å². The van der Waals surface area contributed by atoms with Gasteiger partial charge >= 0.3 is 0 Å². The number of hydrogen-bond donors (Lipinski definition) is 8. The van der Waals surface area contributed by atoms with E-state index < -0.39 is 46.0 Å². The van der Waals surface area contributed by atoms with Crippen LogP contribution in [0.15, 0.2) is 121 Å². The Balaban J connectivity index is 1.41. The second-order valence-corrected chi connectivity index (χ2v) is 12.9. The maximum atomic E-state index is 11.6. The Bertz CT molecular complexity index is 2920. The first-order chi connectivity index (χ1) is 25.1. The van der Waals surface area contributed by atoms with E-state index in [0.717, 1.165) is 43.4 Å². The average molecular weight is 685 g/mol. The van der Waals surface area contributed by atoms with Crippen LogP contribution in [0.1, 0.15) is 0 Å². The Morgan fingerprint density at radius 2 is 0.654 bits per heavy atom. The van der Waals surface area contributed by atoms with E-state index >= 15 is 0 Å². The van der Waals surface area contributed by atoms with E-state index in [9.17, 15) is 40.9 Å².